The predicted octanol–water partition coefficient (Wildman–Crippen LogP) is 8.10. The van der Waals surface area contributed by atoms with Crippen molar-refractivity contribution in [2.24, 2.45) is 14.1 Å². The monoisotopic (exact) mass is 915 g/mol. The number of anilines is 2. The quantitative estimate of drug-likeness (QED) is 0.0932. The number of benzene rings is 4. The molecule has 0 spiro atoms. The Morgan fingerprint density at radius 1 is 0.818 bits per heavy atom. The van der Waals surface area contributed by atoms with Gasteiger partial charge in [-0.05, 0) is 70.0 Å². The van der Waals surface area contributed by atoms with Gasteiger partial charge in [-0.3, -0.25) is 18.8 Å². The topological polar surface area (TPSA) is 160 Å². The zero-order valence-electron chi connectivity index (χ0n) is 28.7. The van der Waals surface area contributed by atoms with Gasteiger partial charge in [-0.25, -0.2) is 21.6 Å². The molecular weight excluding hydrogens is 887 g/mol. The van der Waals surface area contributed by atoms with Crippen LogP contribution in [0, 0.1) is 11.3 Å². The van der Waals surface area contributed by atoms with Crippen LogP contribution in [0.5, 0.6) is 0 Å². The van der Waals surface area contributed by atoms with Crippen LogP contribution in [-0.2, 0) is 46.1 Å². The van der Waals surface area contributed by atoms with E-state index in [1.807, 2.05) is 47.2 Å². The smallest absolute Gasteiger partial charge is 0.302 e. The van der Waals surface area contributed by atoms with Gasteiger partial charge in [0.15, 0.2) is 4.90 Å². The van der Waals surface area contributed by atoms with Crippen molar-refractivity contribution < 1.29 is 30.0 Å². The van der Waals surface area contributed by atoms with Gasteiger partial charge in [-0.1, -0.05) is 54.1 Å². The molecule has 55 heavy (non-hydrogen) atoms. The molecule has 0 radical (unpaired) electrons. The van der Waals surface area contributed by atoms with Gasteiger partial charge in [0.25, 0.3) is 25.6 Å². The Labute approximate surface area is 336 Å². The average molecular weight is 917 g/mol. The highest BCUT2D eigenvalue weighted by Gasteiger charge is 2.32. The summed E-state index contributed by atoms with van der Waals surface area (Å²) in [7, 11) is -6.03. The van der Waals surface area contributed by atoms with E-state index in [1.165, 1.54) is 7.05 Å². The Morgan fingerprint density at radius 2 is 1.40 bits per heavy atom. The largest absolute Gasteiger partial charge is 0.416 e. The van der Waals surface area contributed by atoms with E-state index in [9.17, 15) is 39.6 Å². The summed E-state index contributed by atoms with van der Waals surface area (Å²) in [5.41, 5.74) is -1.74. The molecule has 0 fully saturated rings. The van der Waals surface area contributed by atoms with Gasteiger partial charge in [0.05, 0.1) is 23.0 Å². The second kappa shape index (κ2) is 18.6. The number of rotatable bonds is 12. The van der Waals surface area contributed by atoms with Crippen LogP contribution in [-0.4, -0.2) is 31.7 Å². The van der Waals surface area contributed by atoms with Gasteiger partial charge in [0.1, 0.15) is 4.90 Å². The molecule has 0 unspecified atom stereocenters. The van der Waals surface area contributed by atoms with E-state index in [1.54, 1.807) is 48.2 Å². The fourth-order valence-corrected chi connectivity index (χ4v) is 9.98. The minimum absolute atomic E-state index is 0.0964. The molecule has 1 aromatic heterocycles. The standard InChI is InChI=1S/C19H15BrClNO2S2.C16H15F3N4O4S2/c20-16-8-4-5-9-19(16)26(23,24)22-17-12-15(21)10-11-18(17)25-13-14-6-2-1-3-7-14;1-22-9-13(14(24)23(2)15(22)25)29(26,27)21-11-8-10(16(17,18)19)4-5-12(11)28-7-3-6-20/h1-12,22H,13H2;4-5,8-9,21H,3,7H2,1-2H3. The SMILES string of the molecule is Cn1cc(S(=O)(=O)Nc2cc(C(F)(F)F)ccc2SCCC#N)c(=O)n(C)c1=O.O=S(=O)(Nc1cc(Cl)ccc1SCc1ccccc1)c1ccccc1Br. The van der Waals surface area contributed by atoms with Crippen molar-refractivity contribution in [1.29, 1.82) is 5.26 Å². The number of alkyl halides is 3. The molecule has 2 N–H and O–H groups in total. The van der Waals surface area contributed by atoms with Crippen LogP contribution >= 0.6 is 51.1 Å². The highest BCUT2D eigenvalue weighted by atomic mass is 79.9. The first-order valence-electron chi connectivity index (χ1n) is 15.6. The molecule has 5 aromatic rings. The molecule has 0 aliphatic heterocycles. The fourth-order valence-electron chi connectivity index (χ4n) is 4.58. The third-order valence-electron chi connectivity index (χ3n) is 7.28. The summed E-state index contributed by atoms with van der Waals surface area (Å²) in [5, 5.41) is 9.09. The molecule has 5 rings (SSSR count). The number of hydrogen-bond donors (Lipinski definition) is 2. The lowest BCUT2D eigenvalue weighted by molar-refractivity contribution is -0.137. The van der Waals surface area contributed by atoms with E-state index >= 15 is 0 Å². The Kier molecular flexibility index (Phi) is 14.7. The zero-order chi connectivity index (χ0) is 40.6. The molecule has 0 amide bonds. The first kappa shape index (κ1) is 43.5. The van der Waals surface area contributed by atoms with E-state index in [-0.39, 0.29) is 22.0 Å². The lowest BCUT2D eigenvalue weighted by Crippen LogP contribution is -2.40. The fraction of sp³-hybridized carbons (Fsp3) is 0.171. The number of thioether (sulfide) groups is 2. The summed E-state index contributed by atoms with van der Waals surface area (Å²) in [6.45, 7) is 0. The first-order chi connectivity index (χ1) is 25.8. The summed E-state index contributed by atoms with van der Waals surface area (Å²) < 4.78 is 96.7. The van der Waals surface area contributed by atoms with Crippen LogP contribution in [0.15, 0.2) is 131 Å². The predicted molar refractivity (Wildman–Crippen MR) is 213 cm³/mol. The van der Waals surface area contributed by atoms with E-state index in [4.69, 9.17) is 16.9 Å². The molecule has 0 saturated heterocycles. The van der Waals surface area contributed by atoms with E-state index in [0.29, 0.717) is 25.8 Å². The molecule has 4 aromatic carbocycles. The second-order valence-corrected chi connectivity index (χ2v) is 18.0. The van der Waals surface area contributed by atoms with Crippen molar-refractivity contribution in [3.05, 3.63) is 139 Å². The average Bonchev–Trinajstić information content (AvgIpc) is 3.12. The van der Waals surface area contributed by atoms with Crippen LogP contribution in [0.4, 0.5) is 24.5 Å². The Balaban J connectivity index is 0.000000246. The zero-order valence-corrected chi connectivity index (χ0v) is 34.3. The third-order valence-corrected chi connectivity index (χ3v) is 13.5. The lowest BCUT2D eigenvalue weighted by atomic mass is 10.2. The Morgan fingerprint density at radius 3 is 2.04 bits per heavy atom. The van der Waals surface area contributed by atoms with Crippen LogP contribution < -0.4 is 20.7 Å². The highest BCUT2D eigenvalue weighted by Crippen LogP contribution is 2.37. The van der Waals surface area contributed by atoms with Crippen molar-refractivity contribution in [3.63, 3.8) is 0 Å². The lowest BCUT2D eigenvalue weighted by Gasteiger charge is -2.15. The Bertz CT molecular complexity index is 2570. The second-order valence-electron chi connectivity index (χ2n) is 11.3. The third kappa shape index (κ3) is 11.7. The maximum atomic E-state index is 13.1. The van der Waals surface area contributed by atoms with Crippen molar-refractivity contribution in [3.8, 4) is 6.07 Å². The van der Waals surface area contributed by atoms with Gasteiger partial charge in [0, 0.05) is 57.5 Å². The maximum absolute atomic E-state index is 13.1. The summed E-state index contributed by atoms with van der Waals surface area (Å²) >= 11 is 11.9. The minimum atomic E-state index is -4.72. The maximum Gasteiger partial charge on any atom is 0.416 e. The molecule has 0 bridgehead atoms. The summed E-state index contributed by atoms with van der Waals surface area (Å²) in [5.74, 6) is 0.949. The van der Waals surface area contributed by atoms with Crippen LogP contribution in [0.3, 0.4) is 0 Å². The molecule has 0 atom stereocenters. The van der Waals surface area contributed by atoms with Crippen molar-refractivity contribution in [1.82, 2.24) is 9.13 Å². The van der Waals surface area contributed by atoms with Gasteiger partial charge < -0.3 is 4.57 Å². The molecule has 1 heterocycles. The summed E-state index contributed by atoms with van der Waals surface area (Å²) in [6.07, 6.45) is -3.83. The van der Waals surface area contributed by atoms with Crippen molar-refractivity contribution in [2.45, 2.75) is 37.9 Å². The van der Waals surface area contributed by atoms with E-state index in [0.717, 1.165) is 57.9 Å². The van der Waals surface area contributed by atoms with E-state index in [2.05, 4.69) is 20.7 Å². The molecule has 0 aliphatic carbocycles. The normalized spacial score (nSPS) is 11.6. The number of aromatic nitrogens is 2. The molecule has 20 heteroatoms. The number of sulfonamides is 2. The molecule has 290 valence electrons. The van der Waals surface area contributed by atoms with Gasteiger partial charge in [-0.15, -0.1) is 23.5 Å². The molecular formula is C35H30BrClF3N5O6S4. The number of hydrogen-bond acceptors (Lipinski definition) is 9. The van der Waals surface area contributed by atoms with Gasteiger partial charge in [-0.2, -0.15) is 18.4 Å². The number of aryl methyl sites for hydroxylation is 1. The summed E-state index contributed by atoms with van der Waals surface area (Å²) in [4.78, 5) is 24.3. The summed E-state index contributed by atoms with van der Waals surface area (Å²) in [6, 6.07) is 26.3. The molecule has 11 nitrogen and oxygen atoms in total. The van der Waals surface area contributed by atoms with Gasteiger partial charge >= 0.3 is 11.9 Å². The number of nitriles is 1. The number of halogens is 5. The number of nitrogens with zero attached hydrogens (tertiary/aromatic N) is 3. The first-order valence-corrected chi connectivity index (χ1v) is 21.7. The number of nitrogens with one attached hydrogen (secondary N) is 2. The minimum Gasteiger partial charge on any atom is -0.302 e. The Hall–Kier alpha value is -4.19. The van der Waals surface area contributed by atoms with Crippen LogP contribution in [0.2, 0.25) is 5.02 Å². The molecule has 0 saturated carbocycles. The van der Waals surface area contributed by atoms with Gasteiger partial charge in [0.2, 0.25) is 0 Å². The van der Waals surface area contributed by atoms with E-state index < -0.39 is 53.6 Å². The van der Waals surface area contributed by atoms with Crippen molar-refractivity contribution in [2.75, 3.05) is 15.2 Å². The highest BCUT2D eigenvalue weighted by molar-refractivity contribution is 9.10. The molecule has 0 aliphatic rings. The van der Waals surface area contributed by atoms with Crippen LogP contribution in [0.1, 0.15) is 17.5 Å². The van der Waals surface area contributed by atoms with Crippen molar-refractivity contribution >= 4 is 82.5 Å². The van der Waals surface area contributed by atoms with Crippen LogP contribution in [0.25, 0.3) is 0 Å².